The van der Waals surface area contributed by atoms with Crippen LogP contribution in [0, 0.1) is 0 Å². The van der Waals surface area contributed by atoms with Gasteiger partial charge < -0.3 is 14.8 Å². The van der Waals surface area contributed by atoms with E-state index in [1.165, 1.54) is 19.2 Å². The molecule has 0 spiro atoms. The molecule has 0 aliphatic rings. The van der Waals surface area contributed by atoms with Crippen LogP contribution in [0.5, 0.6) is 5.75 Å². The van der Waals surface area contributed by atoms with Gasteiger partial charge in [-0.25, -0.2) is 13.1 Å². The number of sulfonamides is 1. The first-order valence-electron chi connectivity index (χ1n) is 9.39. The monoisotopic (exact) mass is 420 g/mol. The second kappa shape index (κ2) is 10.4. The lowest BCUT2D eigenvalue weighted by Crippen LogP contribution is -2.29. The number of hydrogen-bond acceptors (Lipinski definition) is 5. The van der Waals surface area contributed by atoms with E-state index >= 15 is 0 Å². The van der Waals surface area contributed by atoms with Gasteiger partial charge in [0.2, 0.25) is 10.0 Å². The van der Waals surface area contributed by atoms with E-state index in [1.54, 1.807) is 12.1 Å². The lowest BCUT2D eigenvalue weighted by molar-refractivity contribution is 0.0939. The lowest BCUT2D eigenvalue weighted by atomic mass is 10.1. The number of nitrogens with one attached hydrogen (secondary N) is 2. The summed E-state index contributed by atoms with van der Waals surface area (Å²) in [5.74, 6) is 0.371. The van der Waals surface area contributed by atoms with E-state index in [2.05, 4.69) is 10.0 Å². The molecule has 1 amide bonds. The van der Waals surface area contributed by atoms with Gasteiger partial charge in [0, 0.05) is 19.2 Å². The summed E-state index contributed by atoms with van der Waals surface area (Å²) in [7, 11) is -2.22. The molecule has 0 radical (unpaired) electrons. The van der Waals surface area contributed by atoms with Gasteiger partial charge in [-0.1, -0.05) is 18.2 Å². The van der Waals surface area contributed by atoms with E-state index in [1.807, 2.05) is 45.0 Å². The van der Waals surface area contributed by atoms with Crippen molar-refractivity contribution in [3.8, 4) is 5.75 Å². The van der Waals surface area contributed by atoms with Crippen LogP contribution >= 0.6 is 0 Å². The Morgan fingerprint density at radius 1 is 1.07 bits per heavy atom. The molecule has 0 saturated heterocycles. The van der Waals surface area contributed by atoms with Crippen molar-refractivity contribution in [2.45, 2.75) is 37.8 Å². The Balaban J connectivity index is 2.11. The predicted octanol–water partition coefficient (Wildman–Crippen LogP) is 2.89. The maximum absolute atomic E-state index is 12.7. The number of methoxy groups -OCH3 is 1. The van der Waals surface area contributed by atoms with Crippen LogP contribution in [0.15, 0.2) is 53.4 Å². The summed E-state index contributed by atoms with van der Waals surface area (Å²) in [6.07, 6.45) is 0.0531. The van der Waals surface area contributed by atoms with Gasteiger partial charge >= 0.3 is 0 Å². The van der Waals surface area contributed by atoms with Crippen molar-refractivity contribution in [2.24, 2.45) is 0 Å². The normalized spacial score (nSPS) is 12.6. The van der Waals surface area contributed by atoms with Crippen molar-refractivity contribution in [3.05, 3.63) is 59.7 Å². The van der Waals surface area contributed by atoms with E-state index in [0.717, 1.165) is 11.3 Å². The van der Waals surface area contributed by atoms with Crippen LogP contribution in [0.3, 0.4) is 0 Å². The molecule has 2 N–H and O–H groups in total. The Bertz CT molecular complexity index is 928. The Morgan fingerprint density at radius 2 is 1.79 bits per heavy atom. The van der Waals surface area contributed by atoms with Crippen molar-refractivity contribution in [1.82, 2.24) is 10.0 Å². The van der Waals surface area contributed by atoms with E-state index in [4.69, 9.17) is 9.47 Å². The highest BCUT2D eigenvalue weighted by molar-refractivity contribution is 7.89. The van der Waals surface area contributed by atoms with Crippen molar-refractivity contribution in [1.29, 1.82) is 0 Å². The summed E-state index contributed by atoms with van der Waals surface area (Å²) in [4.78, 5) is 12.7. The second-order valence-corrected chi connectivity index (χ2v) is 8.62. The first kappa shape index (κ1) is 22.9. The zero-order chi connectivity index (χ0) is 21.4. The molecule has 29 heavy (non-hydrogen) atoms. The van der Waals surface area contributed by atoms with Gasteiger partial charge in [0.1, 0.15) is 5.75 Å². The first-order chi connectivity index (χ1) is 13.7. The fourth-order valence-corrected chi connectivity index (χ4v) is 3.72. The number of rotatable bonds is 10. The highest BCUT2D eigenvalue weighted by Crippen LogP contribution is 2.21. The van der Waals surface area contributed by atoms with Crippen LogP contribution in [-0.4, -0.2) is 40.7 Å². The topological polar surface area (TPSA) is 93.7 Å². The minimum Gasteiger partial charge on any atom is -0.491 e. The molecular formula is C21H28N2O5S. The molecule has 0 aromatic heterocycles. The average Bonchev–Trinajstić information content (AvgIpc) is 2.68. The fraction of sp³-hybridized carbons (Fsp3) is 0.381. The molecule has 0 aliphatic heterocycles. The molecule has 0 heterocycles. The van der Waals surface area contributed by atoms with Crippen LogP contribution < -0.4 is 14.8 Å². The van der Waals surface area contributed by atoms with Crippen LogP contribution in [-0.2, 0) is 14.8 Å². The number of ether oxygens (including phenoxy) is 2. The molecule has 0 saturated carbocycles. The molecule has 7 nitrogen and oxygen atoms in total. The predicted molar refractivity (Wildman–Crippen MR) is 112 cm³/mol. The van der Waals surface area contributed by atoms with Gasteiger partial charge in [-0.3, -0.25) is 4.79 Å². The second-order valence-electron chi connectivity index (χ2n) is 6.85. The van der Waals surface area contributed by atoms with Crippen LogP contribution in [0.4, 0.5) is 0 Å². The molecule has 0 bridgehead atoms. The third-order valence-electron chi connectivity index (χ3n) is 4.08. The summed E-state index contributed by atoms with van der Waals surface area (Å²) in [5, 5.41) is 2.89. The van der Waals surface area contributed by atoms with Gasteiger partial charge in [0.05, 0.1) is 23.6 Å². The first-order valence-corrected chi connectivity index (χ1v) is 10.9. The van der Waals surface area contributed by atoms with Gasteiger partial charge in [-0.2, -0.15) is 0 Å². The molecule has 1 unspecified atom stereocenters. The number of amides is 1. The lowest BCUT2D eigenvalue weighted by Gasteiger charge is -2.17. The average molecular weight is 421 g/mol. The highest BCUT2D eigenvalue weighted by Gasteiger charge is 2.17. The Morgan fingerprint density at radius 3 is 2.48 bits per heavy atom. The van der Waals surface area contributed by atoms with Gasteiger partial charge in [0.25, 0.3) is 5.91 Å². The Hall–Kier alpha value is -2.42. The summed E-state index contributed by atoms with van der Waals surface area (Å²) in [6, 6.07) is 13.2. The van der Waals surface area contributed by atoms with Gasteiger partial charge in [-0.15, -0.1) is 0 Å². The summed E-state index contributed by atoms with van der Waals surface area (Å²) < 4.78 is 37.7. The number of carbonyl (C=O) groups is 1. The molecule has 2 aromatic carbocycles. The molecule has 158 valence electrons. The maximum atomic E-state index is 12.7. The quantitative estimate of drug-likeness (QED) is 0.577. The molecule has 1 atom stereocenters. The number of carbonyl (C=O) groups excluding carboxylic acids is 1. The zero-order valence-corrected chi connectivity index (χ0v) is 18.0. The van der Waals surface area contributed by atoms with Crippen molar-refractivity contribution in [2.75, 3.05) is 20.3 Å². The Kier molecular flexibility index (Phi) is 8.19. The van der Waals surface area contributed by atoms with Crippen LogP contribution in [0.2, 0.25) is 0 Å². The highest BCUT2D eigenvalue weighted by atomic mass is 32.2. The maximum Gasteiger partial charge on any atom is 0.251 e. The summed E-state index contributed by atoms with van der Waals surface area (Å²) >= 11 is 0. The number of benzene rings is 2. The third-order valence-corrected chi connectivity index (χ3v) is 5.54. The molecule has 8 heteroatoms. The van der Waals surface area contributed by atoms with Crippen molar-refractivity contribution >= 4 is 15.9 Å². The molecule has 0 fully saturated rings. The van der Waals surface area contributed by atoms with E-state index in [-0.39, 0.29) is 41.7 Å². The molecule has 2 rings (SSSR count). The SMILES string of the molecule is COCCNS(=O)(=O)c1cccc(C(=O)NC(C)c2cccc(OC(C)C)c2)c1. The minimum absolute atomic E-state index is 0.0289. The Labute approximate surface area is 172 Å². The van der Waals surface area contributed by atoms with Gasteiger partial charge in [-0.05, 0) is 56.7 Å². The van der Waals surface area contributed by atoms with E-state index in [0.29, 0.717) is 0 Å². The van der Waals surface area contributed by atoms with Crippen LogP contribution in [0.25, 0.3) is 0 Å². The smallest absolute Gasteiger partial charge is 0.251 e. The van der Waals surface area contributed by atoms with Crippen molar-refractivity contribution in [3.63, 3.8) is 0 Å². The summed E-state index contributed by atoms with van der Waals surface area (Å²) in [5.41, 5.74) is 1.16. The zero-order valence-electron chi connectivity index (χ0n) is 17.1. The van der Waals surface area contributed by atoms with E-state index < -0.39 is 10.0 Å². The fourth-order valence-electron chi connectivity index (χ4n) is 2.66. The largest absolute Gasteiger partial charge is 0.491 e. The molecular weight excluding hydrogens is 392 g/mol. The van der Waals surface area contributed by atoms with Gasteiger partial charge in [0.15, 0.2) is 0 Å². The molecule has 0 aliphatic carbocycles. The third kappa shape index (κ3) is 6.85. The van der Waals surface area contributed by atoms with E-state index in [9.17, 15) is 13.2 Å². The standard InChI is InChI=1S/C21H28N2O5S/c1-15(2)28-19-9-5-7-17(13-19)16(3)23-21(24)18-8-6-10-20(14-18)29(25,26)22-11-12-27-4/h5-10,13-16,22H,11-12H2,1-4H3,(H,23,24). The van der Waals surface area contributed by atoms with Crippen molar-refractivity contribution < 1.29 is 22.7 Å². The minimum atomic E-state index is -3.71. The van der Waals surface area contributed by atoms with Crippen LogP contribution in [0.1, 0.15) is 42.7 Å². The molecule has 2 aromatic rings. The number of hydrogen-bond donors (Lipinski definition) is 2. The summed E-state index contributed by atoms with van der Waals surface area (Å²) in [6.45, 7) is 6.17.